The Hall–Kier alpha value is -3.40. The molecule has 0 radical (unpaired) electrons. The minimum absolute atomic E-state index is 0.156. The topological polar surface area (TPSA) is 114 Å². The van der Waals surface area contributed by atoms with Gasteiger partial charge in [-0.15, -0.1) is 11.8 Å². The fraction of sp³-hybridized carbons (Fsp3) is 0.200. The zero-order valence-corrected chi connectivity index (χ0v) is 16.7. The van der Waals surface area contributed by atoms with Crippen molar-refractivity contribution in [3.8, 4) is 0 Å². The summed E-state index contributed by atoms with van der Waals surface area (Å²) in [5, 5.41) is 7.30. The highest BCUT2D eigenvalue weighted by Crippen LogP contribution is 2.36. The summed E-state index contributed by atoms with van der Waals surface area (Å²) < 4.78 is 17.8. The molecule has 1 aliphatic heterocycles. The van der Waals surface area contributed by atoms with E-state index >= 15 is 0 Å². The van der Waals surface area contributed by atoms with Crippen LogP contribution in [0.15, 0.2) is 47.4 Å². The van der Waals surface area contributed by atoms with Gasteiger partial charge >= 0.3 is 5.97 Å². The molecule has 2 aromatic carbocycles. The Labute approximate surface area is 175 Å². The predicted molar refractivity (Wildman–Crippen MR) is 109 cm³/mol. The minimum Gasteiger partial charge on any atom is -0.452 e. The van der Waals surface area contributed by atoms with Crippen LogP contribution in [0.4, 0.5) is 15.8 Å². The molecule has 1 atom stereocenters. The number of hydrogen-bond donors (Lipinski definition) is 3. The molecule has 0 spiro atoms. The number of hydrogen-bond acceptors (Lipinski definition) is 6. The van der Waals surface area contributed by atoms with Crippen molar-refractivity contribution >= 4 is 46.8 Å². The number of amides is 3. The monoisotopic (exact) mass is 431 g/mol. The van der Waals surface area contributed by atoms with Crippen molar-refractivity contribution in [3.63, 3.8) is 0 Å². The summed E-state index contributed by atoms with van der Waals surface area (Å²) in [7, 11) is 0. The lowest BCUT2D eigenvalue weighted by Gasteiger charge is -2.21. The molecule has 1 heterocycles. The van der Waals surface area contributed by atoms with Crippen LogP contribution in [-0.2, 0) is 19.1 Å². The van der Waals surface area contributed by atoms with E-state index in [4.69, 9.17) is 4.74 Å². The summed E-state index contributed by atoms with van der Waals surface area (Å²) in [5.41, 5.74) is 1.08. The number of nitrogens with one attached hydrogen (secondary N) is 3. The van der Waals surface area contributed by atoms with E-state index < -0.39 is 30.2 Å². The number of esters is 1. The molecule has 8 nitrogen and oxygen atoms in total. The molecule has 30 heavy (non-hydrogen) atoms. The molecule has 0 saturated heterocycles. The smallest absolute Gasteiger partial charge is 0.338 e. The minimum atomic E-state index is -0.735. The van der Waals surface area contributed by atoms with E-state index in [2.05, 4.69) is 16.0 Å². The Kier molecular flexibility index (Phi) is 6.68. The molecule has 1 aliphatic rings. The lowest BCUT2D eigenvalue weighted by molar-refractivity contribution is -0.126. The summed E-state index contributed by atoms with van der Waals surface area (Å²) in [6, 6.07) is 9.90. The second kappa shape index (κ2) is 9.40. The molecule has 0 fully saturated rings. The average molecular weight is 431 g/mol. The average Bonchev–Trinajstić information content (AvgIpc) is 2.72. The molecule has 3 N–H and O–H groups in total. The van der Waals surface area contributed by atoms with Gasteiger partial charge in [0.15, 0.2) is 6.61 Å². The molecule has 3 rings (SSSR count). The number of benzene rings is 2. The van der Waals surface area contributed by atoms with Crippen molar-refractivity contribution in [2.24, 2.45) is 0 Å². The highest BCUT2D eigenvalue weighted by molar-refractivity contribution is 8.00. The van der Waals surface area contributed by atoms with Gasteiger partial charge in [0.05, 0.1) is 23.0 Å². The number of thioether (sulfide) groups is 1. The van der Waals surface area contributed by atoms with Crippen molar-refractivity contribution in [2.75, 3.05) is 23.8 Å². The second-order valence-electron chi connectivity index (χ2n) is 6.37. The summed E-state index contributed by atoms with van der Waals surface area (Å²) in [6.45, 7) is 0.871. The number of carbonyl (C=O) groups excluding carboxylic acids is 4. The van der Waals surface area contributed by atoms with E-state index in [1.54, 1.807) is 19.1 Å². The third-order valence-electron chi connectivity index (χ3n) is 4.05. The Bertz CT molecular complexity index is 996. The fourth-order valence-electron chi connectivity index (χ4n) is 2.52. The first-order valence-corrected chi connectivity index (χ1v) is 9.80. The first-order chi connectivity index (χ1) is 14.3. The number of rotatable bonds is 6. The maximum absolute atomic E-state index is 12.8. The van der Waals surface area contributed by atoms with E-state index in [0.29, 0.717) is 11.4 Å². The number of fused-ring (bicyclic) bond motifs is 1. The Morgan fingerprint density at radius 3 is 2.60 bits per heavy atom. The van der Waals surface area contributed by atoms with Crippen LogP contribution in [0.2, 0.25) is 0 Å². The van der Waals surface area contributed by atoms with Crippen LogP contribution in [0.3, 0.4) is 0 Å². The molecular weight excluding hydrogens is 413 g/mol. The summed E-state index contributed by atoms with van der Waals surface area (Å²) in [6.07, 6.45) is 0. The maximum Gasteiger partial charge on any atom is 0.338 e. The Balaban J connectivity index is 1.45. The fourth-order valence-corrected chi connectivity index (χ4v) is 3.45. The number of anilines is 2. The lowest BCUT2D eigenvalue weighted by Crippen LogP contribution is -2.35. The van der Waals surface area contributed by atoms with Crippen LogP contribution >= 0.6 is 11.8 Å². The van der Waals surface area contributed by atoms with Crippen LogP contribution in [0.1, 0.15) is 17.3 Å². The number of halogens is 1. The molecule has 156 valence electrons. The Morgan fingerprint density at radius 1 is 1.13 bits per heavy atom. The molecule has 2 aromatic rings. The van der Waals surface area contributed by atoms with Crippen LogP contribution in [0.5, 0.6) is 0 Å². The summed E-state index contributed by atoms with van der Waals surface area (Å²) >= 11 is 1.38. The molecule has 0 aromatic heterocycles. The van der Waals surface area contributed by atoms with Crippen molar-refractivity contribution < 1.29 is 28.3 Å². The molecule has 0 aliphatic carbocycles. The SMILES string of the molecule is CC1Sc2ccc(C(=O)OCC(=O)NCC(=O)Nc3ccc(F)cc3)cc2NC1=O. The van der Waals surface area contributed by atoms with Crippen LogP contribution in [-0.4, -0.2) is 42.1 Å². The number of ether oxygens (including phenoxy) is 1. The highest BCUT2D eigenvalue weighted by atomic mass is 32.2. The van der Waals surface area contributed by atoms with Gasteiger partial charge in [-0.2, -0.15) is 0 Å². The van der Waals surface area contributed by atoms with Crippen molar-refractivity contribution in [3.05, 3.63) is 53.8 Å². The number of carbonyl (C=O) groups is 4. The standard InChI is InChI=1S/C20H18FN3O5S/c1-11-19(27)24-15-8-12(2-7-16(15)30-11)20(28)29-10-18(26)22-9-17(25)23-14-5-3-13(21)4-6-14/h2-8,11H,9-10H2,1H3,(H,22,26)(H,23,25)(H,24,27). The molecular formula is C20H18FN3O5S. The third-order valence-corrected chi connectivity index (χ3v) is 5.23. The zero-order chi connectivity index (χ0) is 21.7. The van der Waals surface area contributed by atoms with Gasteiger partial charge in [-0.3, -0.25) is 14.4 Å². The maximum atomic E-state index is 12.8. The second-order valence-corrected chi connectivity index (χ2v) is 7.75. The van der Waals surface area contributed by atoms with E-state index in [1.807, 2.05) is 0 Å². The van der Waals surface area contributed by atoms with Gasteiger partial charge in [-0.05, 0) is 49.4 Å². The quantitative estimate of drug-likeness (QED) is 0.604. The van der Waals surface area contributed by atoms with Gasteiger partial charge in [0.1, 0.15) is 5.82 Å². The van der Waals surface area contributed by atoms with E-state index in [-0.39, 0.29) is 23.3 Å². The van der Waals surface area contributed by atoms with Crippen molar-refractivity contribution in [1.29, 1.82) is 0 Å². The molecule has 3 amide bonds. The first-order valence-electron chi connectivity index (χ1n) is 8.92. The molecule has 0 saturated carbocycles. The summed E-state index contributed by atoms with van der Waals surface area (Å²) in [4.78, 5) is 48.3. The normalized spacial score (nSPS) is 14.9. The van der Waals surface area contributed by atoms with Gasteiger partial charge in [-0.1, -0.05) is 0 Å². The van der Waals surface area contributed by atoms with E-state index in [1.165, 1.54) is 42.1 Å². The van der Waals surface area contributed by atoms with Crippen LogP contribution in [0.25, 0.3) is 0 Å². The van der Waals surface area contributed by atoms with E-state index in [0.717, 1.165) is 4.90 Å². The first kappa shape index (κ1) is 21.3. The van der Waals surface area contributed by atoms with Crippen LogP contribution in [0, 0.1) is 5.82 Å². The van der Waals surface area contributed by atoms with Crippen molar-refractivity contribution in [2.45, 2.75) is 17.1 Å². The molecule has 1 unspecified atom stereocenters. The van der Waals surface area contributed by atoms with Gasteiger partial charge in [-0.25, -0.2) is 9.18 Å². The highest BCUT2D eigenvalue weighted by Gasteiger charge is 2.24. The largest absolute Gasteiger partial charge is 0.452 e. The van der Waals surface area contributed by atoms with Gasteiger partial charge < -0.3 is 20.7 Å². The predicted octanol–water partition coefficient (Wildman–Crippen LogP) is 2.17. The van der Waals surface area contributed by atoms with Gasteiger partial charge in [0.25, 0.3) is 5.91 Å². The lowest BCUT2D eigenvalue weighted by atomic mass is 10.2. The van der Waals surface area contributed by atoms with Gasteiger partial charge in [0.2, 0.25) is 11.8 Å². The molecule has 0 bridgehead atoms. The molecule has 10 heteroatoms. The van der Waals surface area contributed by atoms with E-state index in [9.17, 15) is 23.6 Å². The van der Waals surface area contributed by atoms with Crippen molar-refractivity contribution in [1.82, 2.24) is 5.32 Å². The zero-order valence-electron chi connectivity index (χ0n) is 15.9. The van der Waals surface area contributed by atoms with Gasteiger partial charge in [0, 0.05) is 10.6 Å². The third kappa shape index (κ3) is 5.57. The Morgan fingerprint density at radius 2 is 1.87 bits per heavy atom. The van der Waals surface area contributed by atoms with Crippen LogP contribution < -0.4 is 16.0 Å². The summed E-state index contributed by atoms with van der Waals surface area (Å²) in [5.74, 6) is -2.50.